The standard InChI is InChI=1S/C9H6FNOS/c1-5(12)9-11-8-6(10)3-2-4-7(8)13-9/h2-4H,1H3. The number of aromatic nitrogens is 1. The SMILES string of the molecule is CC(=O)c1nc2c(F)cccc2s1. The van der Waals surface area contributed by atoms with Crippen LogP contribution in [0.4, 0.5) is 4.39 Å². The Labute approximate surface area is 78.0 Å². The summed E-state index contributed by atoms with van der Waals surface area (Å²) in [5, 5.41) is 0.361. The number of para-hydroxylation sites is 1. The molecule has 1 aromatic carbocycles. The predicted molar refractivity (Wildman–Crippen MR) is 49.6 cm³/mol. The van der Waals surface area contributed by atoms with Crippen molar-refractivity contribution in [2.24, 2.45) is 0 Å². The number of thiazole rings is 1. The number of carbonyl (C=O) groups is 1. The first-order chi connectivity index (χ1) is 6.18. The van der Waals surface area contributed by atoms with E-state index in [4.69, 9.17) is 0 Å². The molecule has 2 aromatic rings. The molecule has 0 radical (unpaired) electrons. The Balaban J connectivity index is 2.75. The summed E-state index contributed by atoms with van der Waals surface area (Å²) in [6.45, 7) is 1.43. The van der Waals surface area contributed by atoms with Gasteiger partial charge in [-0.25, -0.2) is 9.37 Å². The van der Waals surface area contributed by atoms with Crippen LogP contribution in [0, 0.1) is 5.82 Å². The highest BCUT2D eigenvalue weighted by Gasteiger charge is 2.09. The van der Waals surface area contributed by atoms with Crippen LogP contribution in [0.5, 0.6) is 0 Å². The number of rotatable bonds is 1. The Morgan fingerprint density at radius 1 is 1.54 bits per heavy atom. The second-order valence-electron chi connectivity index (χ2n) is 2.66. The number of Topliss-reactive ketones (excluding diaryl/α,β-unsaturated/α-hetero) is 1. The van der Waals surface area contributed by atoms with Gasteiger partial charge in [0.15, 0.2) is 10.8 Å². The summed E-state index contributed by atoms with van der Waals surface area (Å²) < 4.78 is 13.8. The molecule has 13 heavy (non-hydrogen) atoms. The third-order valence-electron chi connectivity index (χ3n) is 1.67. The van der Waals surface area contributed by atoms with Gasteiger partial charge < -0.3 is 0 Å². The molecular weight excluding hydrogens is 189 g/mol. The van der Waals surface area contributed by atoms with E-state index in [1.807, 2.05) is 0 Å². The fraction of sp³-hybridized carbons (Fsp3) is 0.111. The smallest absolute Gasteiger partial charge is 0.188 e. The van der Waals surface area contributed by atoms with E-state index in [0.717, 1.165) is 0 Å². The first-order valence-corrected chi connectivity index (χ1v) is 4.56. The molecular formula is C9H6FNOS. The molecule has 4 heteroatoms. The highest BCUT2D eigenvalue weighted by molar-refractivity contribution is 7.20. The molecule has 1 heterocycles. The Kier molecular flexibility index (Phi) is 1.84. The molecule has 0 fully saturated rings. The Morgan fingerprint density at radius 3 is 2.92 bits per heavy atom. The zero-order chi connectivity index (χ0) is 9.42. The minimum Gasteiger partial charge on any atom is -0.292 e. The highest BCUT2D eigenvalue weighted by Crippen LogP contribution is 2.23. The van der Waals surface area contributed by atoms with Gasteiger partial charge in [0, 0.05) is 6.92 Å². The maximum atomic E-state index is 13.1. The van der Waals surface area contributed by atoms with Crippen molar-refractivity contribution in [3.05, 3.63) is 29.0 Å². The van der Waals surface area contributed by atoms with Crippen molar-refractivity contribution in [3.8, 4) is 0 Å². The quantitative estimate of drug-likeness (QED) is 0.655. The first kappa shape index (κ1) is 8.31. The molecule has 0 bridgehead atoms. The summed E-state index contributed by atoms with van der Waals surface area (Å²) in [4.78, 5) is 14.9. The molecule has 0 N–H and O–H groups in total. The number of halogens is 1. The second-order valence-corrected chi connectivity index (χ2v) is 3.69. The number of fused-ring (bicyclic) bond motifs is 1. The van der Waals surface area contributed by atoms with E-state index in [1.54, 1.807) is 12.1 Å². The van der Waals surface area contributed by atoms with Crippen molar-refractivity contribution >= 4 is 27.3 Å². The number of hydrogen-bond donors (Lipinski definition) is 0. The fourth-order valence-electron chi connectivity index (χ4n) is 1.07. The monoisotopic (exact) mass is 195 g/mol. The average Bonchev–Trinajstić information content (AvgIpc) is 2.49. The summed E-state index contributed by atoms with van der Waals surface area (Å²) in [6, 6.07) is 4.70. The van der Waals surface area contributed by atoms with Gasteiger partial charge in [-0.1, -0.05) is 6.07 Å². The van der Waals surface area contributed by atoms with Gasteiger partial charge in [-0.05, 0) is 12.1 Å². The van der Waals surface area contributed by atoms with Crippen LogP contribution in [0.3, 0.4) is 0 Å². The maximum Gasteiger partial charge on any atom is 0.188 e. The number of benzene rings is 1. The summed E-state index contributed by atoms with van der Waals surface area (Å²) in [6.07, 6.45) is 0. The second kappa shape index (κ2) is 2.88. The van der Waals surface area contributed by atoms with Crippen molar-refractivity contribution in [2.45, 2.75) is 6.92 Å². The molecule has 2 nitrogen and oxygen atoms in total. The van der Waals surface area contributed by atoms with Crippen molar-refractivity contribution in [2.75, 3.05) is 0 Å². The fourth-order valence-corrected chi connectivity index (χ4v) is 1.94. The van der Waals surface area contributed by atoms with E-state index in [-0.39, 0.29) is 17.1 Å². The number of nitrogens with zero attached hydrogens (tertiary/aromatic N) is 1. The lowest BCUT2D eigenvalue weighted by atomic mass is 10.3. The molecule has 0 saturated carbocycles. The van der Waals surface area contributed by atoms with Crippen LogP contribution in [-0.2, 0) is 0 Å². The van der Waals surface area contributed by atoms with Gasteiger partial charge in [0.05, 0.1) is 4.70 Å². The highest BCUT2D eigenvalue weighted by atomic mass is 32.1. The van der Waals surface area contributed by atoms with Gasteiger partial charge in [0.25, 0.3) is 0 Å². The largest absolute Gasteiger partial charge is 0.292 e. The molecule has 2 rings (SSSR count). The van der Waals surface area contributed by atoms with E-state index < -0.39 is 0 Å². The lowest BCUT2D eigenvalue weighted by molar-refractivity contribution is 0.101. The summed E-state index contributed by atoms with van der Waals surface area (Å²) in [7, 11) is 0. The van der Waals surface area contributed by atoms with Crippen LogP contribution >= 0.6 is 11.3 Å². The van der Waals surface area contributed by atoms with Gasteiger partial charge in [0.1, 0.15) is 11.3 Å². The van der Waals surface area contributed by atoms with E-state index in [2.05, 4.69) is 4.98 Å². The topological polar surface area (TPSA) is 30.0 Å². The van der Waals surface area contributed by atoms with E-state index in [0.29, 0.717) is 9.71 Å². The van der Waals surface area contributed by atoms with Gasteiger partial charge in [-0.2, -0.15) is 0 Å². The number of hydrogen-bond acceptors (Lipinski definition) is 3. The van der Waals surface area contributed by atoms with Crippen molar-refractivity contribution in [3.63, 3.8) is 0 Å². The van der Waals surface area contributed by atoms with Crippen LogP contribution in [0.1, 0.15) is 16.7 Å². The Hall–Kier alpha value is -1.29. The van der Waals surface area contributed by atoms with Gasteiger partial charge >= 0.3 is 0 Å². The van der Waals surface area contributed by atoms with Crippen LogP contribution in [0.25, 0.3) is 10.2 Å². The van der Waals surface area contributed by atoms with Crippen molar-refractivity contribution < 1.29 is 9.18 Å². The first-order valence-electron chi connectivity index (χ1n) is 3.74. The van der Waals surface area contributed by atoms with E-state index >= 15 is 0 Å². The van der Waals surface area contributed by atoms with Crippen LogP contribution in [0.2, 0.25) is 0 Å². The minimum absolute atomic E-state index is 0.124. The number of ketones is 1. The number of carbonyl (C=O) groups excluding carboxylic acids is 1. The summed E-state index contributed by atoms with van der Waals surface area (Å²) >= 11 is 1.22. The normalized spacial score (nSPS) is 10.6. The van der Waals surface area contributed by atoms with Crippen LogP contribution in [0.15, 0.2) is 18.2 Å². The molecule has 0 unspecified atom stereocenters. The zero-order valence-corrected chi connectivity index (χ0v) is 7.69. The lowest BCUT2D eigenvalue weighted by Crippen LogP contribution is -1.88. The molecule has 0 amide bonds. The molecule has 0 aliphatic rings. The molecule has 0 atom stereocenters. The molecule has 1 aromatic heterocycles. The van der Waals surface area contributed by atoms with Crippen molar-refractivity contribution in [1.82, 2.24) is 4.98 Å². The Morgan fingerprint density at radius 2 is 2.31 bits per heavy atom. The average molecular weight is 195 g/mol. The van der Waals surface area contributed by atoms with E-state index in [1.165, 1.54) is 24.3 Å². The molecule has 66 valence electrons. The lowest BCUT2D eigenvalue weighted by Gasteiger charge is -1.86. The summed E-state index contributed by atoms with van der Waals surface area (Å²) in [5.41, 5.74) is 0.290. The summed E-state index contributed by atoms with van der Waals surface area (Å²) in [5.74, 6) is -0.498. The van der Waals surface area contributed by atoms with Gasteiger partial charge in [0.2, 0.25) is 0 Å². The van der Waals surface area contributed by atoms with Gasteiger partial charge in [-0.15, -0.1) is 11.3 Å². The molecule has 0 saturated heterocycles. The maximum absolute atomic E-state index is 13.1. The van der Waals surface area contributed by atoms with Crippen molar-refractivity contribution in [1.29, 1.82) is 0 Å². The molecule has 0 spiro atoms. The third kappa shape index (κ3) is 1.33. The van der Waals surface area contributed by atoms with Crippen LogP contribution < -0.4 is 0 Å². The van der Waals surface area contributed by atoms with E-state index in [9.17, 15) is 9.18 Å². The third-order valence-corrected chi connectivity index (χ3v) is 2.79. The molecule has 0 aliphatic heterocycles. The minimum atomic E-state index is -0.374. The van der Waals surface area contributed by atoms with Crippen LogP contribution in [-0.4, -0.2) is 10.8 Å². The van der Waals surface area contributed by atoms with Gasteiger partial charge in [-0.3, -0.25) is 4.79 Å². The Bertz CT molecular complexity index is 477. The zero-order valence-electron chi connectivity index (χ0n) is 6.87. The predicted octanol–water partition coefficient (Wildman–Crippen LogP) is 2.64. The molecule has 0 aliphatic carbocycles.